The van der Waals surface area contributed by atoms with Gasteiger partial charge in [-0.25, -0.2) is 0 Å². The number of ether oxygens (including phenoxy) is 1. The minimum Gasteiger partial charge on any atom is -0.424 e. The minimum atomic E-state index is 0.126. The fraction of sp³-hybridized carbons (Fsp3) is 0.333. The van der Waals surface area contributed by atoms with Crippen molar-refractivity contribution in [1.29, 1.82) is 0 Å². The highest BCUT2D eigenvalue weighted by molar-refractivity contribution is 5.78. The van der Waals surface area contributed by atoms with E-state index in [1.807, 2.05) is 36.4 Å². The predicted molar refractivity (Wildman–Crippen MR) is 115 cm³/mol. The van der Waals surface area contributed by atoms with E-state index in [-0.39, 0.29) is 11.8 Å². The molecule has 0 saturated carbocycles. The van der Waals surface area contributed by atoms with Crippen LogP contribution in [0.3, 0.4) is 0 Å². The largest absolute Gasteiger partial charge is 0.424 e. The Bertz CT molecular complexity index is 981. The van der Waals surface area contributed by atoms with E-state index in [0.29, 0.717) is 18.0 Å². The van der Waals surface area contributed by atoms with Gasteiger partial charge in [0.2, 0.25) is 0 Å². The zero-order chi connectivity index (χ0) is 20.9. The molecule has 2 N–H and O–H groups in total. The summed E-state index contributed by atoms with van der Waals surface area (Å²) in [6.45, 7) is 5.30. The number of likely N-dealkylation sites (N-methyl/N-ethyl adjacent to an activating group) is 1. The number of piperazine rings is 1. The van der Waals surface area contributed by atoms with Gasteiger partial charge in [0.1, 0.15) is 29.0 Å². The molecular formula is C21H25N7O2. The van der Waals surface area contributed by atoms with Crippen molar-refractivity contribution in [2.24, 2.45) is 0 Å². The first-order valence-electron chi connectivity index (χ1n) is 9.90. The van der Waals surface area contributed by atoms with Gasteiger partial charge in [-0.3, -0.25) is 9.89 Å². The summed E-state index contributed by atoms with van der Waals surface area (Å²) in [5.41, 5.74) is 0.948. The van der Waals surface area contributed by atoms with Crippen LogP contribution in [0.1, 0.15) is 12.5 Å². The average molecular weight is 407 g/mol. The van der Waals surface area contributed by atoms with E-state index < -0.39 is 0 Å². The van der Waals surface area contributed by atoms with Gasteiger partial charge in [-0.15, -0.1) is 0 Å². The van der Waals surface area contributed by atoms with Crippen molar-refractivity contribution in [1.82, 2.24) is 25.1 Å². The molecule has 156 valence electrons. The second kappa shape index (κ2) is 8.91. The van der Waals surface area contributed by atoms with Gasteiger partial charge in [-0.1, -0.05) is 12.1 Å². The second-order valence-electron chi connectivity index (χ2n) is 7.40. The molecule has 1 aliphatic heterocycles. The molecule has 1 aliphatic rings. The Labute approximate surface area is 175 Å². The lowest BCUT2D eigenvalue weighted by Gasteiger charge is -2.33. The number of carbonyl (C=O) groups excluding carboxylic acids is 1. The molecule has 0 unspecified atom stereocenters. The first-order valence-corrected chi connectivity index (χ1v) is 9.90. The Morgan fingerprint density at radius 3 is 2.57 bits per heavy atom. The highest BCUT2D eigenvalue weighted by atomic mass is 16.5. The zero-order valence-electron chi connectivity index (χ0n) is 17.1. The van der Waals surface area contributed by atoms with Gasteiger partial charge >= 0.3 is 6.01 Å². The van der Waals surface area contributed by atoms with Gasteiger partial charge in [0.05, 0.1) is 6.20 Å². The van der Waals surface area contributed by atoms with E-state index in [9.17, 15) is 4.79 Å². The Kier molecular flexibility index (Phi) is 5.89. The Morgan fingerprint density at radius 2 is 1.90 bits per heavy atom. The molecule has 0 bridgehead atoms. The number of hydrogen-bond acceptors (Lipinski definition) is 8. The summed E-state index contributed by atoms with van der Waals surface area (Å²) in [5, 5.41) is 10.0. The SMILES string of the molecule is CC(=O)Cc1ccc(Oc2nc(Nc3ccn[nH]3)cc(N3CCN(C)CC3)n2)cc1. The quantitative estimate of drug-likeness (QED) is 0.617. The van der Waals surface area contributed by atoms with Crippen LogP contribution in [0, 0.1) is 0 Å². The molecule has 9 nitrogen and oxygen atoms in total. The van der Waals surface area contributed by atoms with E-state index in [0.717, 1.165) is 43.4 Å². The summed E-state index contributed by atoms with van der Waals surface area (Å²) >= 11 is 0. The van der Waals surface area contributed by atoms with Crippen molar-refractivity contribution in [3.8, 4) is 11.8 Å². The van der Waals surface area contributed by atoms with Gasteiger partial charge in [0.25, 0.3) is 0 Å². The molecule has 4 rings (SSSR count). The average Bonchev–Trinajstić information content (AvgIpc) is 3.22. The zero-order valence-corrected chi connectivity index (χ0v) is 17.1. The van der Waals surface area contributed by atoms with Crippen LogP contribution in [0.4, 0.5) is 17.5 Å². The monoisotopic (exact) mass is 407 g/mol. The van der Waals surface area contributed by atoms with Crippen LogP contribution in [-0.4, -0.2) is 64.1 Å². The maximum absolute atomic E-state index is 11.3. The third kappa shape index (κ3) is 5.12. The van der Waals surface area contributed by atoms with Crippen molar-refractivity contribution in [3.05, 3.63) is 48.2 Å². The van der Waals surface area contributed by atoms with E-state index in [4.69, 9.17) is 4.74 Å². The summed E-state index contributed by atoms with van der Waals surface area (Å²) in [6, 6.07) is 11.4. The number of benzene rings is 1. The number of H-pyrrole nitrogens is 1. The lowest BCUT2D eigenvalue weighted by atomic mass is 10.1. The molecule has 1 saturated heterocycles. The fourth-order valence-electron chi connectivity index (χ4n) is 3.25. The molecule has 3 heterocycles. The van der Waals surface area contributed by atoms with E-state index in [1.54, 1.807) is 13.1 Å². The molecule has 0 atom stereocenters. The summed E-state index contributed by atoms with van der Waals surface area (Å²) in [6.07, 6.45) is 2.08. The summed E-state index contributed by atoms with van der Waals surface area (Å²) < 4.78 is 5.94. The number of aromatic nitrogens is 4. The van der Waals surface area contributed by atoms with Gasteiger partial charge in [0.15, 0.2) is 0 Å². The number of nitrogens with zero attached hydrogens (tertiary/aromatic N) is 5. The van der Waals surface area contributed by atoms with Crippen molar-refractivity contribution < 1.29 is 9.53 Å². The second-order valence-corrected chi connectivity index (χ2v) is 7.40. The highest BCUT2D eigenvalue weighted by Crippen LogP contribution is 2.26. The Morgan fingerprint density at radius 1 is 1.13 bits per heavy atom. The van der Waals surface area contributed by atoms with Crippen molar-refractivity contribution in [2.75, 3.05) is 43.4 Å². The Hall–Kier alpha value is -3.46. The molecule has 0 amide bonds. The van der Waals surface area contributed by atoms with Crippen LogP contribution < -0.4 is 15.0 Å². The van der Waals surface area contributed by atoms with Crippen LogP contribution in [-0.2, 0) is 11.2 Å². The lowest BCUT2D eigenvalue weighted by molar-refractivity contribution is -0.116. The number of Topliss-reactive ketones (excluding diaryl/α,β-unsaturated/α-hetero) is 1. The number of nitrogens with one attached hydrogen (secondary N) is 2. The highest BCUT2D eigenvalue weighted by Gasteiger charge is 2.18. The van der Waals surface area contributed by atoms with Gasteiger partial charge in [0, 0.05) is 44.7 Å². The van der Waals surface area contributed by atoms with Crippen LogP contribution in [0.25, 0.3) is 0 Å². The number of rotatable bonds is 7. The standard InChI is InChI=1S/C21H25N7O2/c1-15(29)13-16-3-5-17(6-4-16)30-21-24-19(23-18-7-8-22-26-18)14-20(25-21)28-11-9-27(2)10-12-28/h3-8,14H,9-13H2,1-2H3,(H2,22,23,24,25,26). The number of hydrogen-bond donors (Lipinski definition) is 2. The maximum atomic E-state index is 11.3. The van der Waals surface area contributed by atoms with E-state index >= 15 is 0 Å². The third-order valence-electron chi connectivity index (χ3n) is 4.87. The number of anilines is 3. The van der Waals surface area contributed by atoms with Crippen LogP contribution >= 0.6 is 0 Å². The molecular weight excluding hydrogens is 382 g/mol. The van der Waals surface area contributed by atoms with Crippen LogP contribution in [0.15, 0.2) is 42.6 Å². The number of carbonyl (C=O) groups is 1. The van der Waals surface area contributed by atoms with Crippen molar-refractivity contribution in [3.63, 3.8) is 0 Å². The molecule has 9 heteroatoms. The topological polar surface area (TPSA) is 99.3 Å². The summed E-state index contributed by atoms with van der Waals surface area (Å²) in [7, 11) is 2.12. The van der Waals surface area contributed by atoms with Crippen LogP contribution in [0.2, 0.25) is 0 Å². The predicted octanol–water partition coefficient (Wildman–Crippen LogP) is 2.62. The fourth-order valence-corrected chi connectivity index (χ4v) is 3.25. The van der Waals surface area contributed by atoms with Crippen molar-refractivity contribution >= 4 is 23.2 Å². The molecule has 1 aromatic carbocycles. The molecule has 0 spiro atoms. The maximum Gasteiger partial charge on any atom is 0.325 e. The number of aromatic amines is 1. The molecule has 3 aromatic rings. The van der Waals surface area contributed by atoms with Crippen molar-refractivity contribution in [2.45, 2.75) is 13.3 Å². The molecule has 2 aromatic heterocycles. The van der Waals surface area contributed by atoms with Crippen LogP contribution in [0.5, 0.6) is 11.8 Å². The summed E-state index contributed by atoms with van der Waals surface area (Å²) in [5.74, 6) is 2.90. The van der Waals surface area contributed by atoms with Gasteiger partial charge < -0.3 is 19.9 Å². The molecule has 0 radical (unpaired) electrons. The first-order chi connectivity index (χ1) is 14.5. The van der Waals surface area contributed by atoms with E-state index in [1.165, 1.54) is 0 Å². The van der Waals surface area contributed by atoms with Gasteiger partial charge in [-0.2, -0.15) is 15.1 Å². The first kappa shape index (κ1) is 19.8. The molecule has 30 heavy (non-hydrogen) atoms. The Balaban J connectivity index is 1.57. The third-order valence-corrected chi connectivity index (χ3v) is 4.87. The van der Waals surface area contributed by atoms with E-state index in [2.05, 4.69) is 42.3 Å². The molecule has 1 fully saturated rings. The van der Waals surface area contributed by atoms with Gasteiger partial charge in [-0.05, 0) is 31.7 Å². The summed E-state index contributed by atoms with van der Waals surface area (Å²) in [4.78, 5) is 24.9. The number of ketones is 1. The minimum absolute atomic E-state index is 0.126. The normalized spacial score (nSPS) is 14.5. The lowest BCUT2D eigenvalue weighted by Crippen LogP contribution is -2.44. The smallest absolute Gasteiger partial charge is 0.325 e. The molecule has 0 aliphatic carbocycles.